The van der Waals surface area contributed by atoms with Crippen LogP contribution in [0.2, 0.25) is 0 Å². The summed E-state index contributed by atoms with van der Waals surface area (Å²) < 4.78 is 22.4. The maximum Gasteiger partial charge on any atom is 0.143 e. The molecule has 138 valence electrons. The summed E-state index contributed by atoms with van der Waals surface area (Å²) in [5, 5.41) is 3.48. The Morgan fingerprint density at radius 3 is 2.35 bits per heavy atom. The third-order valence-electron chi connectivity index (χ3n) is 4.38. The first-order valence-electron chi connectivity index (χ1n) is 8.72. The molecule has 0 saturated carbocycles. The van der Waals surface area contributed by atoms with Crippen LogP contribution in [0, 0.1) is 0 Å². The van der Waals surface area contributed by atoms with Gasteiger partial charge in [0.25, 0.3) is 0 Å². The van der Waals surface area contributed by atoms with Gasteiger partial charge in [-0.15, -0.1) is 0 Å². The summed E-state index contributed by atoms with van der Waals surface area (Å²) in [4.78, 5) is 0. The van der Waals surface area contributed by atoms with Crippen LogP contribution >= 0.6 is 0 Å². The zero-order valence-corrected chi connectivity index (χ0v) is 15.7. The molecule has 0 bridgehead atoms. The molecular weight excluding hydrogens is 330 g/mol. The van der Waals surface area contributed by atoms with E-state index < -0.39 is 0 Å². The number of anilines is 1. The van der Waals surface area contributed by atoms with E-state index >= 15 is 0 Å². The van der Waals surface area contributed by atoms with Crippen LogP contribution < -0.4 is 24.3 Å². The quantitative estimate of drug-likeness (QED) is 0.794. The van der Waals surface area contributed by atoms with Crippen molar-refractivity contribution < 1.29 is 18.9 Å². The highest BCUT2D eigenvalue weighted by Gasteiger charge is 2.21. The van der Waals surface area contributed by atoms with E-state index in [4.69, 9.17) is 18.9 Å². The van der Waals surface area contributed by atoms with Gasteiger partial charge in [-0.25, -0.2) is 0 Å². The standard InChI is InChI=1S/C21H25NO4/c1-5-10-26-20-9-8-19(25-4)17-11-14(13-22-21(17)20)16-12-15(23-2)6-7-18(16)24-3/h6-9,11-12,22H,5,10,13H2,1-4H3. The van der Waals surface area contributed by atoms with E-state index in [1.54, 1.807) is 21.3 Å². The van der Waals surface area contributed by atoms with Crippen LogP contribution in [0.4, 0.5) is 5.69 Å². The molecule has 5 nitrogen and oxygen atoms in total. The van der Waals surface area contributed by atoms with Gasteiger partial charge in [-0.2, -0.15) is 0 Å². The maximum atomic E-state index is 5.88. The molecule has 0 aromatic heterocycles. The van der Waals surface area contributed by atoms with Crippen molar-refractivity contribution in [2.75, 3.05) is 39.8 Å². The van der Waals surface area contributed by atoms with Crippen molar-refractivity contribution in [2.45, 2.75) is 13.3 Å². The van der Waals surface area contributed by atoms with Crippen LogP contribution in [0.25, 0.3) is 11.6 Å². The monoisotopic (exact) mass is 355 g/mol. The Balaban J connectivity index is 2.08. The van der Waals surface area contributed by atoms with Crippen molar-refractivity contribution >= 4 is 17.3 Å². The van der Waals surface area contributed by atoms with E-state index in [-0.39, 0.29) is 0 Å². The largest absolute Gasteiger partial charge is 0.497 e. The first kappa shape index (κ1) is 18.0. The van der Waals surface area contributed by atoms with Crippen LogP contribution in [0.5, 0.6) is 23.0 Å². The number of fused-ring (bicyclic) bond motifs is 1. The molecule has 1 N–H and O–H groups in total. The molecule has 26 heavy (non-hydrogen) atoms. The van der Waals surface area contributed by atoms with Crippen molar-refractivity contribution in [3.05, 3.63) is 41.5 Å². The van der Waals surface area contributed by atoms with Gasteiger partial charge in [0, 0.05) is 17.7 Å². The van der Waals surface area contributed by atoms with Gasteiger partial charge in [0.1, 0.15) is 23.0 Å². The van der Waals surface area contributed by atoms with Gasteiger partial charge in [0.2, 0.25) is 0 Å². The van der Waals surface area contributed by atoms with Crippen molar-refractivity contribution in [1.29, 1.82) is 0 Å². The maximum absolute atomic E-state index is 5.88. The van der Waals surface area contributed by atoms with E-state index in [9.17, 15) is 0 Å². The summed E-state index contributed by atoms with van der Waals surface area (Å²) in [6.45, 7) is 3.43. The van der Waals surface area contributed by atoms with Crippen LogP contribution in [-0.4, -0.2) is 34.5 Å². The molecule has 0 radical (unpaired) electrons. The predicted octanol–water partition coefficient (Wildman–Crippen LogP) is 4.47. The summed E-state index contributed by atoms with van der Waals surface area (Å²) in [5.74, 6) is 3.24. The van der Waals surface area contributed by atoms with Crippen LogP contribution in [0.1, 0.15) is 24.5 Å². The number of benzene rings is 2. The average Bonchev–Trinajstić information content (AvgIpc) is 2.70. The molecule has 0 amide bonds. The molecule has 0 spiro atoms. The Kier molecular flexibility index (Phi) is 5.56. The van der Waals surface area contributed by atoms with Gasteiger partial charge >= 0.3 is 0 Å². The van der Waals surface area contributed by atoms with Crippen molar-refractivity contribution in [3.8, 4) is 23.0 Å². The molecule has 1 heterocycles. The van der Waals surface area contributed by atoms with E-state index in [1.165, 1.54) is 0 Å². The summed E-state index contributed by atoms with van der Waals surface area (Å²) in [5.41, 5.74) is 4.03. The minimum Gasteiger partial charge on any atom is -0.497 e. The fourth-order valence-corrected chi connectivity index (χ4v) is 3.06. The number of hydrogen-bond donors (Lipinski definition) is 1. The molecule has 0 aliphatic carbocycles. The molecule has 0 unspecified atom stereocenters. The van der Waals surface area contributed by atoms with Gasteiger partial charge in [0.05, 0.1) is 33.6 Å². The molecule has 1 aliphatic heterocycles. The van der Waals surface area contributed by atoms with Crippen LogP contribution in [-0.2, 0) is 0 Å². The molecule has 5 heteroatoms. The van der Waals surface area contributed by atoms with Crippen molar-refractivity contribution in [3.63, 3.8) is 0 Å². The van der Waals surface area contributed by atoms with Crippen molar-refractivity contribution in [1.82, 2.24) is 0 Å². The topological polar surface area (TPSA) is 49.0 Å². The second-order valence-corrected chi connectivity index (χ2v) is 5.99. The summed E-state index contributed by atoms with van der Waals surface area (Å²) in [7, 11) is 5.01. The fraction of sp³-hybridized carbons (Fsp3) is 0.333. The number of hydrogen-bond acceptors (Lipinski definition) is 5. The van der Waals surface area contributed by atoms with Gasteiger partial charge in [-0.05, 0) is 48.4 Å². The van der Waals surface area contributed by atoms with Crippen LogP contribution in [0.3, 0.4) is 0 Å². The number of nitrogens with one attached hydrogen (secondary N) is 1. The van der Waals surface area contributed by atoms with E-state index in [0.717, 1.165) is 51.8 Å². The van der Waals surface area contributed by atoms with E-state index in [1.807, 2.05) is 30.3 Å². The van der Waals surface area contributed by atoms with Gasteiger partial charge in [0.15, 0.2) is 0 Å². The Bertz CT molecular complexity index is 814. The molecule has 0 atom stereocenters. The Labute approximate surface area is 154 Å². The third kappa shape index (κ3) is 3.43. The van der Waals surface area contributed by atoms with Gasteiger partial charge < -0.3 is 24.3 Å². The lowest BCUT2D eigenvalue weighted by Crippen LogP contribution is -2.13. The van der Waals surface area contributed by atoms with Crippen LogP contribution in [0.15, 0.2) is 30.3 Å². The third-order valence-corrected chi connectivity index (χ3v) is 4.38. The van der Waals surface area contributed by atoms with E-state index in [2.05, 4.69) is 18.3 Å². The normalized spacial score (nSPS) is 12.5. The minimum atomic E-state index is 0.659. The summed E-state index contributed by atoms with van der Waals surface area (Å²) >= 11 is 0. The SMILES string of the molecule is CCCOc1ccc(OC)c2c1NCC(c1cc(OC)ccc1OC)=C2. The Hall–Kier alpha value is -2.82. The second-order valence-electron chi connectivity index (χ2n) is 5.99. The smallest absolute Gasteiger partial charge is 0.143 e. The number of methoxy groups -OCH3 is 3. The van der Waals surface area contributed by atoms with Crippen molar-refractivity contribution in [2.24, 2.45) is 0 Å². The lowest BCUT2D eigenvalue weighted by molar-refractivity contribution is 0.318. The zero-order chi connectivity index (χ0) is 18.5. The molecule has 2 aromatic carbocycles. The Morgan fingerprint density at radius 2 is 1.65 bits per heavy atom. The molecule has 0 fully saturated rings. The minimum absolute atomic E-state index is 0.659. The second kappa shape index (κ2) is 8.04. The molecule has 1 aliphatic rings. The first-order valence-corrected chi connectivity index (χ1v) is 8.72. The molecule has 0 saturated heterocycles. The highest BCUT2D eigenvalue weighted by atomic mass is 16.5. The number of rotatable bonds is 7. The molecular formula is C21H25NO4. The van der Waals surface area contributed by atoms with Gasteiger partial charge in [-0.1, -0.05) is 6.92 Å². The van der Waals surface area contributed by atoms with Gasteiger partial charge in [-0.3, -0.25) is 0 Å². The lowest BCUT2D eigenvalue weighted by Gasteiger charge is -2.24. The summed E-state index contributed by atoms with van der Waals surface area (Å²) in [6, 6.07) is 9.69. The average molecular weight is 355 g/mol. The summed E-state index contributed by atoms with van der Waals surface area (Å²) in [6.07, 6.45) is 3.09. The molecule has 3 rings (SSSR count). The lowest BCUT2D eigenvalue weighted by atomic mass is 9.96. The molecule has 2 aromatic rings. The Morgan fingerprint density at radius 1 is 0.923 bits per heavy atom. The zero-order valence-electron chi connectivity index (χ0n) is 15.7. The predicted molar refractivity (Wildman–Crippen MR) is 105 cm³/mol. The number of ether oxygens (including phenoxy) is 4. The first-order chi connectivity index (χ1) is 12.7. The fourth-order valence-electron chi connectivity index (χ4n) is 3.06. The van der Waals surface area contributed by atoms with E-state index in [0.29, 0.717) is 13.2 Å². The highest BCUT2D eigenvalue weighted by Crippen LogP contribution is 2.42. The highest BCUT2D eigenvalue weighted by molar-refractivity contribution is 5.95.